The monoisotopic (exact) mass is 411 g/mol. The zero-order valence-electron chi connectivity index (χ0n) is 17.2. The molecule has 0 radical (unpaired) electrons. The Kier molecular flexibility index (Phi) is 6.08. The Morgan fingerprint density at radius 3 is 2.34 bits per heavy atom. The number of benzene rings is 2. The maximum Gasteiger partial charge on any atom is 0.255 e. The fraction of sp³-hybridized carbons (Fsp3) is 0.273. The maximum absolute atomic E-state index is 13.3. The number of carbonyl (C=O) groups is 1. The summed E-state index contributed by atoms with van der Waals surface area (Å²) in [4.78, 5) is 13.3. The molecule has 0 aromatic heterocycles. The third kappa shape index (κ3) is 4.51. The summed E-state index contributed by atoms with van der Waals surface area (Å²) in [6, 6.07) is 10.9. The molecule has 0 saturated carbocycles. The van der Waals surface area contributed by atoms with E-state index in [9.17, 15) is 4.79 Å². The first kappa shape index (κ1) is 20.7. The van der Waals surface area contributed by atoms with Gasteiger partial charge >= 0.3 is 0 Å². The van der Waals surface area contributed by atoms with Crippen molar-refractivity contribution in [3.05, 3.63) is 64.4 Å². The maximum atomic E-state index is 13.3. The summed E-state index contributed by atoms with van der Waals surface area (Å²) in [5.74, 6) is 1.08. The van der Waals surface area contributed by atoms with Crippen LogP contribution in [0.15, 0.2) is 47.7 Å². The first-order valence-corrected chi connectivity index (χ1v) is 9.63. The summed E-state index contributed by atoms with van der Waals surface area (Å²) in [6.07, 6.45) is 0. The molecular weight excluding hydrogens is 386 g/mol. The molecule has 1 aliphatic rings. The van der Waals surface area contributed by atoms with Crippen LogP contribution in [-0.4, -0.2) is 25.2 Å². The number of hydrogen-bond acceptors (Lipinski definition) is 4. The smallest absolute Gasteiger partial charge is 0.255 e. The van der Waals surface area contributed by atoms with E-state index < -0.39 is 6.04 Å². The Balaban J connectivity index is 2.03. The molecule has 2 aromatic carbocycles. The molecule has 29 heavy (non-hydrogen) atoms. The van der Waals surface area contributed by atoms with Crippen LogP contribution in [-0.2, 0) is 4.79 Å². The number of rotatable bonds is 5. The van der Waals surface area contributed by atoms with E-state index in [1.807, 2.05) is 51.1 Å². The van der Waals surface area contributed by atoms with E-state index in [4.69, 9.17) is 21.7 Å². The Labute approximate surface area is 176 Å². The summed E-state index contributed by atoms with van der Waals surface area (Å²) in [7, 11) is 3.19. The molecule has 0 bridgehead atoms. The molecule has 0 aliphatic carbocycles. The summed E-state index contributed by atoms with van der Waals surface area (Å²) < 4.78 is 10.9. The van der Waals surface area contributed by atoms with E-state index in [2.05, 4.69) is 22.0 Å². The van der Waals surface area contributed by atoms with Gasteiger partial charge in [-0.1, -0.05) is 6.07 Å². The summed E-state index contributed by atoms with van der Waals surface area (Å²) in [5.41, 5.74) is 4.89. The lowest BCUT2D eigenvalue weighted by Gasteiger charge is -2.31. The molecule has 1 amide bonds. The average Bonchev–Trinajstić information content (AvgIpc) is 2.65. The highest BCUT2D eigenvalue weighted by Crippen LogP contribution is 2.36. The molecule has 0 spiro atoms. The molecule has 1 aliphatic heterocycles. The number of methoxy groups -OCH3 is 2. The molecule has 0 fully saturated rings. The first-order valence-electron chi connectivity index (χ1n) is 9.22. The standard InChI is InChI=1S/C22H25N3O3S/c1-12-8-13(2)10-15(9-12)24-21(26)19-14(3)23-22(29)25-20(19)17-11-16(27-4)6-7-18(17)28-5/h6-11,20H,1-5H3,(H,24,26)(H2,23,25,29)/t20-/m1/s1. The van der Waals surface area contributed by atoms with Crippen LogP contribution >= 0.6 is 12.2 Å². The van der Waals surface area contributed by atoms with E-state index in [0.29, 0.717) is 27.9 Å². The number of nitrogens with one attached hydrogen (secondary N) is 3. The molecule has 2 aromatic rings. The minimum absolute atomic E-state index is 0.218. The van der Waals surface area contributed by atoms with Crippen molar-refractivity contribution in [2.75, 3.05) is 19.5 Å². The largest absolute Gasteiger partial charge is 0.497 e. The van der Waals surface area contributed by atoms with Gasteiger partial charge in [0.2, 0.25) is 0 Å². The van der Waals surface area contributed by atoms with Crippen molar-refractivity contribution in [2.24, 2.45) is 0 Å². The minimum atomic E-state index is -0.486. The van der Waals surface area contributed by atoms with E-state index in [0.717, 1.165) is 22.4 Å². The van der Waals surface area contributed by atoms with Crippen molar-refractivity contribution < 1.29 is 14.3 Å². The van der Waals surface area contributed by atoms with Crippen LogP contribution in [0.4, 0.5) is 5.69 Å². The highest BCUT2D eigenvalue weighted by atomic mass is 32.1. The Hall–Kier alpha value is -3.06. The predicted molar refractivity (Wildman–Crippen MR) is 118 cm³/mol. The van der Waals surface area contributed by atoms with Crippen LogP contribution in [0.3, 0.4) is 0 Å². The molecule has 3 N–H and O–H groups in total. The van der Waals surface area contributed by atoms with Crippen LogP contribution < -0.4 is 25.4 Å². The van der Waals surface area contributed by atoms with Gasteiger partial charge in [-0.05, 0) is 74.4 Å². The van der Waals surface area contributed by atoms with E-state index in [1.54, 1.807) is 14.2 Å². The quantitative estimate of drug-likeness (QED) is 0.651. The number of ether oxygens (including phenoxy) is 2. The van der Waals surface area contributed by atoms with Gasteiger partial charge in [-0.2, -0.15) is 0 Å². The van der Waals surface area contributed by atoms with E-state index >= 15 is 0 Å². The van der Waals surface area contributed by atoms with Crippen LogP contribution in [0.1, 0.15) is 29.7 Å². The molecule has 0 unspecified atom stereocenters. The van der Waals surface area contributed by atoms with Crippen LogP contribution in [0.5, 0.6) is 11.5 Å². The number of hydrogen-bond donors (Lipinski definition) is 3. The normalized spacial score (nSPS) is 16.0. The molecule has 0 saturated heterocycles. The van der Waals surface area contributed by atoms with E-state index in [1.165, 1.54) is 0 Å². The lowest BCUT2D eigenvalue weighted by molar-refractivity contribution is -0.113. The highest BCUT2D eigenvalue weighted by molar-refractivity contribution is 7.80. The van der Waals surface area contributed by atoms with Crippen molar-refractivity contribution >= 4 is 28.9 Å². The van der Waals surface area contributed by atoms with Crippen molar-refractivity contribution in [3.8, 4) is 11.5 Å². The number of thiocarbonyl (C=S) groups is 1. The second kappa shape index (κ2) is 8.53. The van der Waals surface area contributed by atoms with Crippen molar-refractivity contribution in [2.45, 2.75) is 26.8 Å². The van der Waals surface area contributed by atoms with Crippen LogP contribution in [0, 0.1) is 13.8 Å². The Bertz CT molecular complexity index is 981. The topological polar surface area (TPSA) is 71.6 Å². The zero-order chi connectivity index (χ0) is 21.1. The van der Waals surface area contributed by atoms with Crippen LogP contribution in [0.25, 0.3) is 0 Å². The number of amides is 1. The SMILES string of the molecule is COc1ccc(OC)c([C@H]2NC(=S)NC(C)=C2C(=O)Nc2cc(C)cc(C)c2)c1. The molecule has 6 nitrogen and oxygen atoms in total. The van der Waals surface area contributed by atoms with Gasteiger partial charge in [0.1, 0.15) is 11.5 Å². The fourth-order valence-corrected chi connectivity index (χ4v) is 3.81. The van der Waals surface area contributed by atoms with E-state index in [-0.39, 0.29) is 5.91 Å². The first-order chi connectivity index (χ1) is 13.8. The van der Waals surface area contributed by atoms with Gasteiger partial charge in [-0.15, -0.1) is 0 Å². The Morgan fingerprint density at radius 1 is 1.03 bits per heavy atom. The van der Waals surface area contributed by atoms with Crippen molar-refractivity contribution in [1.29, 1.82) is 0 Å². The average molecular weight is 412 g/mol. The van der Waals surface area contributed by atoms with Gasteiger partial charge in [-0.3, -0.25) is 4.79 Å². The van der Waals surface area contributed by atoms with Gasteiger partial charge in [-0.25, -0.2) is 0 Å². The second-order valence-corrected chi connectivity index (χ2v) is 7.42. The van der Waals surface area contributed by atoms with Gasteiger partial charge in [0.25, 0.3) is 5.91 Å². The van der Waals surface area contributed by atoms with Gasteiger partial charge in [0, 0.05) is 16.9 Å². The molecule has 1 atom stereocenters. The molecule has 152 valence electrons. The Morgan fingerprint density at radius 2 is 1.72 bits per heavy atom. The fourth-order valence-electron chi connectivity index (χ4n) is 3.54. The number of aryl methyl sites for hydroxylation is 2. The highest BCUT2D eigenvalue weighted by Gasteiger charge is 2.32. The number of carbonyl (C=O) groups excluding carboxylic acids is 1. The second-order valence-electron chi connectivity index (χ2n) is 7.01. The molecule has 3 rings (SSSR count). The number of allylic oxidation sites excluding steroid dienone is 1. The number of anilines is 1. The van der Waals surface area contributed by atoms with Crippen LogP contribution in [0.2, 0.25) is 0 Å². The van der Waals surface area contributed by atoms with Gasteiger partial charge in [0.15, 0.2) is 5.11 Å². The van der Waals surface area contributed by atoms with Crippen molar-refractivity contribution in [3.63, 3.8) is 0 Å². The summed E-state index contributed by atoms with van der Waals surface area (Å²) in [5, 5.41) is 9.70. The molecule has 7 heteroatoms. The predicted octanol–water partition coefficient (Wildman–Crippen LogP) is 3.75. The lowest BCUT2D eigenvalue weighted by atomic mass is 9.93. The third-order valence-corrected chi connectivity index (χ3v) is 4.96. The zero-order valence-corrected chi connectivity index (χ0v) is 18.0. The summed E-state index contributed by atoms with van der Waals surface area (Å²) >= 11 is 5.34. The van der Waals surface area contributed by atoms with Gasteiger partial charge < -0.3 is 25.4 Å². The summed E-state index contributed by atoms with van der Waals surface area (Å²) in [6.45, 7) is 5.84. The van der Waals surface area contributed by atoms with Crippen molar-refractivity contribution in [1.82, 2.24) is 10.6 Å². The minimum Gasteiger partial charge on any atom is -0.497 e. The molecule has 1 heterocycles. The third-order valence-electron chi connectivity index (χ3n) is 4.74. The van der Waals surface area contributed by atoms with Gasteiger partial charge in [0.05, 0.1) is 25.8 Å². The lowest BCUT2D eigenvalue weighted by Crippen LogP contribution is -2.45. The molecular formula is C22H25N3O3S.